The van der Waals surface area contributed by atoms with Crippen molar-refractivity contribution in [1.29, 1.82) is 0 Å². The SMILES string of the molecule is CC(C)(C)OC(=O)N1CCN(C(C(=O)O)c2ccsc2)CC1. The van der Waals surface area contributed by atoms with Crippen molar-refractivity contribution in [3.8, 4) is 0 Å². The standard InChI is InChI=1S/C15H22N2O4S/c1-15(2,3)21-14(20)17-7-5-16(6-8-17)12(13(18)19)11-4-9-22-10-11/h4,9-10,12H,5-8H2,1-3H3,(H,18,19). The lowest BCUT2D eigenvalue weighted by Crippen LogP contribution is -2.51. The van der Waals surface area contributed by atoms with Crippen LogP contribution in [0.5, 0.6) is 0 Å². The minimum Gasteiger partial charge on any atom is -0.480 e. The molecule has 0 aromatic carbocycles. The van der Waals surface area contributed by atoms with Gasteiger partial charge in [0.2, 0.25) is 0 Å². The Morgan fingerprint density at radius 1 is 1.27 bits per heavy atom. The van der Waals surface area contributed by atoms with Crippen molar-refractivity contribution in [2.24, 2.45) is 0 Å². The van der Waals surface area contributed by atoms with Gasteiger partial charge in [-0.1, -0.05) is 0 Å². The number of hydrogen-bond acceptors (Lipinski definition) is 5. The smallest absolute Gasteiger partial charge is 0.410 e. The third-order valence-electron chi connectivity index (χ3n) is 3.42. The summed E-state index contributed by atoms with van der Waals surface area (Å²) in [4.78, 5) is 27.1. The average Bonchev–Trinajstić information content (AvgIpc) is 2.91. The minimum atomic E-state index is -0.857. The van der Waals surface area contributed by atoms with E-state index in [4.69, 9.17) is 4.74 Å². The quantitative estimate of drug-likeness (QED) is 0.924. The molecule has 2 heterocycles. The predicted molar refractivity (Wildman–Crippen MR) is 84.1 cm³/mol. The molecule has 0 spiro atoms. The van der Waals surface area contributed by atoms with E-state index in [1.54, 1.807) is 4.90 Å². The molecule has 7 heteroatoms. The summed E-state index contributed by atoms with van der Waals surface area (Å²) in [6.07, 6.45) is -0.338. The number of amides is 1. The highest BCUT2D eigenvalue weighted by Crippen LogP contribution is 2.25. The topological polar surface area (TPSA) is 70.1 Å². The highest BCUT2D eigenvalue weighted by molar-refractivity contribution is 7.08. The summed E-state index contributed by atoms with van der Waals surface area (Å²) in [6.45, 7) is 7.48. The molecule has 0 bridgehead atoms. The molecule has 1 unspecified atom stereocenters. The highest BCUT2D eigenvalue weighted by atomic mass is 32.1. The molecule has 122 valence electrons. The fraction of sp³-hybridized carbons (Fsp3) is 0.600. The number of nitrogens with zero attached hydrogens (tertiary/aromatic N) is 2. The zero-order chi connectivity index (χ0) is 16.3. The second kappa shape index (κ2) is 6.66. The minimum absolute atomic E-state index is 0.338. The van der Waals surface area contributed by atoms with Crippen molar-refractivity contribution in [2.45, 2.75) is 32.4 Å². The van der Waals surface area contributed by atoms with Crippen LogP contribution in [0.15, 0.2) is 16.8 Å². The molecule has 1 aromatic rings. The van der Waals surface area contributed by atoms with Crippen molar-refractivity contribution >= 4 is 23.4 Å². The number of piperazine rings is 1. The van der Waals surface area contributed by atoms with Crippen LogP contribution in [-0.4, -0.2) is 58.7 Å². The molecule has 22 heavy (non-hydrogen) atoms. The van der Waals surface area contributed by atoms with Crippen LogP contribution >= 0.6 is 11.3 Å². The largest absolute Gasteiger partial charge is 0.480 e. The van der Waals surface area contributed by atoms with Crippen LogP contribution in [0, 0.1) is 0 Å². The number of hydrogen-bond donors (Lipinski definition) is 1. The third kappa shape index (κ3) is 4.20. The molecule has 1 N–H and O–H groups in total. The van der Waals surface area contributed by atoms with E-state index in [9.17, 15) is 14.7 Å². The fourth-order valence-electron chi connectivity index (χ4n) is 2.43. The number of carbonyl (C=O) groups excluding carboxylic acids is 1. The molecule has 0 aliphatic carbocycles. The number of aliphatic carboxylic acids is 1. The van der Waals surface area contributed by atoms with Gasteiger partial charge in [-0.3, -0.25) is 9.69 Å². The lowest BCUT2D eigenvalue weighted by molar-refractivity contribution is -0.144. The molecular weight excluding hydrogens is 304 g/mol. The predicted octanol–water partition coefficient (Wildman–Crippen LogP) is 2.43. The first-order valence-corrected chi connectivity index (χ1v) is 8.19. The van der Waals surface area contributed by atoms with E-state index in [1.165, 1.54) is 11.3 Å². The molecular formula is C15H22N2O4S. The van der Waals surface area contributed by atoms with Gasteiger partial charge in [0.15, 0.2) is 0 Å². The molecule has 6 nitrogen and oxygen atoms in total. The maximum atomic E-state index is 12.0. The van der Waals surface area contributed by atoms with Gasteiger partial charge >= 0.3 is 12.1 Å². The zero-order valence-corrected chi connectivity index (χ0v) is 13.9. The highest BCUT2D eigenvalue weighted by Gasteiger charge is 2.32. The summed E-state index contributed by atoms with van der Waals surface area (Å²) in [5.41, 5.74) is 0.275. The van der Waals surface area contributed by atoms with Crippen molar-refractivity contribution < 1.29 is 19.4 Å². The van der Waals surface area contributed by atoms with Crippen molar-refractivity contribution in [3.63, 3.8) is 0 Å². The molecule has 1 saturated heterocycles. The van der Waals surface area contributed by atoms with E-state index in [1.807, 2.05) is 42.5 Å². The summed E-state index contributed by atoms with van der Waals surface area (Å²) < 4.78 is 5.35. The Kier molecular flexibility index (Phi) is 5.08. The van der Waals surface area contributed by atoms with Crippen LogP contribution < -0.4 is 0 Å². The van der Waals surface area contributed by atoms with Crippen molar-refractivity contribution in [1.82, 2.24) is 9.80 Å². The van der Waals surface area contributed by atoms with Gasteiger partial charge in [0.05, 0.1) is 0 Å². The van der Waals surface area contributed by atoms with Gasteiger partial charge in [-0.25, -0.2) is 4.79 Å². The molecule has 1 atom stereocenters. The van der Waals surface area contributed by atoms with E-state index in [0.29, 0.717) is 26.2 Å². The summed E-state index contributed by atoms with van der Waals surface area (Å²) >= 11 is 1.49. The van der Waals surface area contributed by atoms with E-state index < -0.39 is 17.6 Å². The average molecular weight is 326 g/mol. The van der Waals surface area contributed by atoms with Crippen molar-refractivity contribution in [2.75, 3.05) is 26.2 Å². The van der Waals surface area contributed by atoms with E-state index in [2.05, 4.69) is 0 Å². The summed E-state index contributed by atoms with van der Waals surface area (Å²) in [7, 11) is 0. The van der Waals surface area contributed by atoms with Crippen LogP contribution in [0.3, 0.4) is 0 Å². The Morgan fingerprint density at radius 3 is 2.36 bits per heavy atom. The molecule has 1 amide bonds. The van der Waals surface area contributed by atoms with Crippen LogP contribution in [0.4, 0.5) is 4.79 Å². The molecule has 0 saturated carbocycles. The normalized spacial score (nSPS) is 18.0. The molecule has 0 radical (unpaired) electrons. The monoisotopic (exact) mass is 326 g/mol. The molecule has 1 fully saturated rings. The van der Waals surface area contributed by atoms with Crippen LogP contribution in [0.25, 0.3) is 0 Å². The first-order valence-electron chi connectivity index (χ1n) is 7.25. The third-order valence-corrected chi connectivity index (χ3v) is 4.13. The molecule has 1 aliphatic rings. The number of carboxylic acids is 1. The lowest BCUT2D eigenvalue weighted by atomic mass is 10.1. The Labute approximate surface area is 134 Å². The Hall–Kier alpha value is -1.60. The van der Waals surface area contributed by atoms with Gasteiger partial charge in [-0.05, 0) is 43.2 Å². The van der Waals surface area contributed by atoms with Crippen LogP contribution in [-0.2, 0) is 9.53 Å². The van der Waals surface area contributed by atoms with Gasteiger partial charge in [-0.15, -0.1) is 0 Å². The summed E-state index contributed by atoms with van der Waals surface area (Å²) in [5.74, 6) is -0.857. The zero-order valence-electron chi connectivity index (χ0n) is 13.1. The van der Waals surface area contributed by atoms with Gasteiger partial charge < -0.3 is 14.7 Å². The number of rotatable bonds is 3. The van der Waals surface area contributed by atoms with E-state index in [0.717, 1.165) is 5.56 Å². The second-order valence-corrected chi connectivity index (χ2v) is 7.08. The first-order chi connectivity index (χ1) is 10.3. The van der Waals surface area contributed by atoms with Crippen LogP contribution in [0.1, 0.15) is 32.4 Å². The Bertz CT molecular complexity index is 516. The number of carbonyl (C=O) groups is 2. The van der Waals surface area contributed by atoms with Gasteiger partial charge in [0.25, 0.3) is 0 Å². The molecule has 2 rings (SSSR count). The Morgan fingerprint density at radius 2 is 1.91 bits per heavy atom. The number of carboxylic acid groups (broad SMARTS) is 1. The summed E-state index contributed by atoms with van der Waals surface area (Å²) in [6, 6.07) is 1.19. The second-order valence-electron chi connectivity index (χ2n) is 6.30. The van der Waals surface area contributed by atoms with E-state index in [-0.39, 0.29) is 6.09 Å². The molecule has 1 aromatic heterocycles. The Balaban J connectivity index is 1.96. The molecule has 1 aliphatic heterocycles. The van der Waals surface area contributed by atoms with Gasteiger partial charge in [0, 0.05) is 26.2 Å². The number of thiophene rings is 1. The number of ether oxygens (including phenoxy) is 1. The summed E-state index contributed by atoms with van der Waals surface area (Å²) in [5, 5.41) is 13.2. The maximum absolute atomic E-state index is 12.0. The van der Waals surface area contributed by atoms with Crippen LogP contribution in [0.2, 0.25) is 0 Å². The maximum Gasteiger partial charge on any atom is 0.410 e. The van der Waals surface area contributed by atoms with Crippen molar-refractivity contribution in [3.05, 3.63) is 22.4 Å². The van der Waals surface area contributed by atoms with Gasteiger partial charge in [0.1, 0.15) is 11.6 Å². The lowest BCUT2D eigenvalue weighted by Gasteiger charge is -2.38. The van der Waals surface area contributed by atoms with E-state index >= 15 is 0 Å². The fourth-order valence-corrected chi connectivity index (χ4v) is 3.11. The van der Waals surface area contributed by atoms with Gasteiger partial charge in [-0.2, -0.15) is 11.3 Å². The first kappa shape index (κ1) is 16.8.